The quantitative estimate of drug-likeness (QED) is 0.325. The summed E-state index contributed by atoms with van der Waals surface area (Å²) in [4.78, 5) is 22.4. The molecule has 3 heterocycles. The first kappa shape index (κ1) is 27.6. The lowest BCUT2D eigenvalue weighted by atomic mass is 9.83. The number of halogens is 1. The van der Waals surface area contributed by atoms with Crippen molar-refractivity contribution in [3.63, 3.8) is 0 Å². The van der Waals surface area contributed by atoms with E-state index in [4.69, 9.17) is 4.98 Å². The van der Waals surface area contributed by atoms with Crippen LogP contribution in [0, 0.1) is 17.7 Å². The van der Waals surface area contributed by atoms with Gasteiger partial charge in [0.1, 0.15) is 16.9 Å². The van der Waals surface area contributed by atoms with Gasteiger partial charge in [-0.25, -0.2) is 9.37 Å². The second-order valence-corrected chi connectivity index (χ2v) is 12.9. The Hall–Kier alpha value is -2.61. The van der Waals surface area contributed by atoms with Crippen LogP contribution in [-0.4, -0.2) is 64.6 Å². The molecule has 0 radical (unpaired) electrons. The first-order valence-corrected chi connectivity index (χ1v) is 15.9. The molecule has 3 fully saturated rings. The van der Waals surface area contributed by atoms with Crippen molar-refractivity contribution >= 4 is 17.3 Å². The number of hydrogen-bond acceptors (Lipinski definition) is 5. The zero-order chi connectivity index (χ0) is 27.5. The average Bonchev–Trinajstić information content (AvgIpc) is 3.63. The predicted octanol–water partition coefficient (Wildman–Crippen LogP) is 6.88. The number of aliphatic carboxylic acids is 1. The number of carboxylic acids is 1. The summed E-state index contributed by atoms with van der Waals surface area (Å²) in [5.41, 5.74) is 3.48. The minimum absolute atomic E-state index is 0.222. The van der Waals surface area contributed by atoms with E-state index in [1.807, 2.05) is 0 Å². The third-order valence-corrected chi connectivity index (χ3v) is 10.5. The molecule has 40 heavy (non-hydrogen) atoms. The standard InChI is InChI=1S/C33H40FN3O2S/c34-28-13-11-26(12-14-28)32-35-30(22-40-32)24-15-17-36(18-16-24)19-27-20-37(21-29(27)23-7-3-1-4-8-23)31(33(38)39)25-9-5-2-6-10-25/h1,3-4,7-8,11-14,22,24-25,27,29,31H,2,5-6,9-10,15-21H2,(H,38,39)/t27-,29?,31+/m0/s1. The molecule has 0 amide bonds. The Labute approximate surface area is 241 Å². The van der Waals surface area contributed by atoms with Crippen LogP contribution in [0.4, 0.5) is 4.39 Å². The Kier molecular flexibility index (Phi) is 8.61. The van der Waals surface area contributed by atoms with Crippen LogP contribution in [0.1, 0.15) is 68.0 Å². The highest BCUT2D eigenvalue weighted by atomic mass is 32.1. The van der Waals surface area contributed by atoms with E-state index in [1.165, 1.54) is 24.1 Å². The molecule has 2 aromatic carbocycles. The first-order valence-electron chi connectivity index (χ1n) is 15.0. The van der Waals surface area contributed by atoms with Crippen molar-refractivity contribution in [1.29, 1.82) is 0 Å². The van der Waals surface area contributed by atoms with Crippen molar-refractivity contribution in [3.8, 4) is 10.6 Å². The van der Waals surface area contributed by atoms with Crippen molar-refractivity contribution < 1.29 is 14.3 Å². The summed E-state index contributed by atoms with van der Waals surface area (Å²) in [6.07, 6.45) is 7.81. The summed E-state index contributed by atoms with van der Waals surface area (Å²) >= 11 is 1.64. The zero-order valence-corrected chi connectivity index (χ0v) is 23.9. The van der Waals surface area contributed by atoms with Gasteiger partial charge in [0, 0.05) is 42.4 Å². The van der Waals surface area contributed by atoms with Crippen molar-refractivity contribution in [2.45, 2.75) is 62.8 Å². The van der Waals surface area contributed by atoms with Gasteiger partial charge < -0.3 is 10.0 Å². The Morgan fingerprint density at radius 1 is 0.975 bits per heavy atom. The van der Waals surface area contributed by atoms with E-state index in [2.05, 4.69) is 45.5 Å². The van der Waals surface area contributed by atoms with E-state index in [9.17, 15) is 14.3 Å². The molecule has 1 N–H and O–H groups in total. The number of likely N-dealkylation sites (tertiary alicyclic amines) is 2. The molecule has 6 rings (SSSR count). The number of aromatic nitrogens is 1. The van der Waals surface area contributed by atoms with Gasteiger partial charge in [0.15, 0.2) is 0 Å². The van der Waals surface area contributed by atoms with E-state index in [0.717, 1.165) is 87.5 Å². The van der Waals surface area contributed by atoms with E-state index < -0.39 is 5.97 Å². The molecular weight excluding hydrogens is 521 g/mol. The maximum Gasteiger partial charge on any atom is 0.321 e. The molecule has 3 atom stereocenters. The van der Waals surface area contributed by atoms with Crippen LogP contribution >= 0.6 is 11.3 Å². The number of carboxylic acid groups (broad SMARTS) is 1. The van der Waals surface area contributed by atoms with Crippen LogP contribution in [0.2, 0.25) is 0 Å². The summed E-state index contributed by atoms with van der Waals surface area (Å²) in [5.74, 6) is 0.656. The zero-order valence-electron chi connectivity index (χ0n) is 23.1. The van der Waals surface area contributed by atoms with Gasteiger partial charge in [0.2, 0.25) is 0 Å². The maximum atomic E-state index is 13.3. The molecule has 212 valence electrons. The summed E-state index contributed by atoms with van der Waals surface area (Å²) in [5, 5.41) is 13.4. The van der Waals surface area contributed by atoms with Crippen LogP contribution < -0.4 is 0 Å². The minimum atomic E-state index is -0.636. The van der Waals surface area contributed by atoms with Crippen LogP contribution in [-0.2, 0) is 4.79 Å². The fourth-order valence-electron chi connectivity index (χ4n) is 7.44. The molecule has 7 heteroatoms. The Bertz CT molecular complexity index is 1250. The van der Waals surface area contributed by atoms with E-state index in [1.54, 1.807) is 23.5 Å². The average molecular weight is 562 g/mol. The second-order valence-electron chi connectivity index (χ2n) is 12.1. The van der Waals surface area contributed by atoms with E-state index >= 15 is 0 Å². The Morgan fingerprint density at radius 2 is 1.70 bits per heavy atom. The molecule has 1 unspecified atom stereocenters. The molecule has 0 bridgehead atoms. The normalized spacial score (nSPS) is 24.3. The predicted molar refractivity (Wildman–Crippen MR) is 158 cm³/mol. The van der Waals surface area contributed by atoms with Gasteiger partial charge in [0.05, 0.1) is 5.69 Å². The largest absolute Gasteiger partial charge is 0.480 e. The summed E-state index contributed by atoms with van der Waals surface area (Å²) < 4.78 is 13.3. The van der Waals surface area contributed by atoms with E-state index in [-0.39, 0.29) is 17.8 Å². The number of hydrogen-bond donors (Lipinski definition) is 1. The maximum absolute atomic E-state index is 13.3. The fourth-order valence-corrected chi connectivity index (χ4v) is 8.35. The molecule has 2 saturated heterocycles. The number of carbonyl (C=O) groups is 1. The monoisotopic (exact) mass is 561 g/mol. The smallest absolute Gasteiger partial charge is 0.321 e. The highest BCUT2D eigenvalue weighted by Gasteiger charge is 2.43. The van der Waals surface area contributed by atoms with Crippen molar-refractivity contribution in [3.05, 3.63) is 77.1 Å². The van der Waals surface area contributed by atoms with Crippen LogP contribution in [0.3, 0.4) is 0 Å². The molecule has 0 spiro atoms. The van der Waals surface area contributed by atoms with Gasteiger partial charge in [-0.15, -0.1) is 11.3 Å². The van der Waals surface area contributed by atoms with Gasteiger partial charge in [-0.3, -0.25) is 9.69 Å². The summed E-state index contributed by atoms with van der Waals surface area (Å²) in [6, 6.07) is 17.0. The molecular formula is C33H40FN3O2S. The lowest BCUT2D eigenvalue weighted by Crippen LogP contribution is -2.46. The van der Waals surface area contributed by atoms with Gasteiger partial charge in [-0.1, -0.05) is 49.6 Å². The number of benzene rings is 2. The molecule has 3 aliphatic rings. The number of thiazole rings is 1. The highest BCUT2D eigenvalue weighted by molar-refractivity contribution is 7.13. The summed E-state index contributed by atoms with van der Waals surface area (Å²) in [6.45, 7) is 4.79. The van der Waals surface area contributed by atoms with Crippen LogP contribution in [0.5, 0.6) is 0 Å². The number of nitrogens with zero attached hydrogens (tertiary/aromatic N) is 3. The fraction of sp³-hybridized carbons (Fsp3) is 0.515. The number of rotatable bonds is 8. The van der Waals surface area contributed by atoms with Crippen LogP contribution in [0.25, 0.3) is 10.6 Å². The lowest BCUT2D eigenvalue weighted by molar-refractivity contribution is -0.145. The molecule has 1 saturated carbocycles. The molecule has 2 aliphatic heterocycles. The lowest BCUT2D eigenvalue weighted by Gasteiger charge is -2.35. The Balaban J connectivity index is 1.11. The summed E-state index contributed by atoms with van der Waals surface area (Å²) in [7, 11) is 0. The third-order valence-electron chi connectivity index (χ3n) is 9.55. The second kappa shape index (κ2) is 12.5. The van der Waals surface area contributed by atoms with Crippen molar-refractivity contribution in [2.75, 3.05) is 32.7 Å². The topological polar surface area (TPSA) is 56.7 Å². The number of piperidine rings is 1. The van der Waals surface area contributed by atoms with E-state index in [0.29, 0.717) is 17.8 Å². The molecule has 1 aromatic heterocycles. The van der Waals surface area contributed by atoms with Gasteiger partial charge in [-0.2, -0.15) is 0 Å². The van der Waals surface area contributed by atoms with Gasteiger partial charge >= 0.3 is 5.97 Å². The van der Waals surface area contributed by atoms with Gasteiger partial charge in [0.25, 0.3) is 0 Å². The third kappa shape index (κ3) is 6.17. The highest BCUT2D eigenvalue weighted by Crippen LogP contribution is 2.39. The van der Waals surface area contributed by atoms with Gasteiger partial charge in [-0.05, 0) is 80.4 Å². The SMILES string of the molecule is O=C(O)[C@@H](C1CCCCC1)N1CC(c2ccccc2)[C@@H](CN2CCC(c3csc(-c4ccc(F)cc4)n3)CC2)C1. The van der Waals surface area contributed by atoms with Crippen LogP contribution in [0.15, 0.2) is 60.0 Å². The molecule has 3 aromatic rings. The molecule has 5 nitrogen and oxygen atoms in total. The van der Waals surface area contributed by atoms with Crippen molar-refractivity contribution in [2.24, 2.45) is 11.8 Å². The minimum Gasteiger partial charge on any atom is -0.480 e. The Morgan fingerprint density at radius 3 is 2.40 bits per heavy atom. The van der Waals surface area contributed by atoms with Crippen molar-refractivity contribution in [1.82, 2.24) is 14.8 Å². The molecule has 1 aliphatic carbocycles. The first-order chi connectivity index (χ1) is 19.5.